The molecule has 0 aliphatic carbocycles. The molecule has 1 aliphatic rings. The van der Waals surface area contributed by atoms with Gasteiger partial charge in [-0.1, -0.05) is 83.5 Å². The molecule has 39 heavy (non-hydrogen) atoms. The minimum Gasteiger partial charge on any atom is -0.457 e. The fourth-order valence-corrected chi connectivity index (χ4v) is 5.38. The van der Waals surface area contributed by atoms with Gasteiger partial charge in [-0.15, -0.1) is 0 Å². The van der Waals surface area contributed by atoms with E-state index in [9.17, 15) is 14.9 Å². The van der Waals surface area contributed by atoms with Crippen LogP contribution in [-0.2, 0) is 20.9 Å². The van der Waals surface area contributed by atoms with Gasteiger partial charge in [-0.05, 0) is 55.7 Å². The molecule has 198 valence electrons. The van der Waals surface area contributed by atoms with E-state index in [0.29, 0.717) is 26.9 Å². The molecule has 0 fully saturated rings. The van der Waals surface area contributed by atoms with Gasteiger partial charge < -0.3 is 15.4 Å². The van der Waals surface area contributed by atoms with Crippen molar-refractivity contribution in [3.8, 4) is 6.07 Å². The lowest BCUT2D eigenvalue weighted by Gasteiger charge is -2.29. The summed E-state index contributed by atoms with van der Waals surface area (Å²) in [7, 11) is 0. The molecule has 0 bridgehead atoms. The summed E-state index contributed by atoms with van der Waals surface area (Å²) in [6.07, 6.45) is 0. The van der Waals surface area contributed by atoms with Gasteiger partial charge in [0.25, 0.3) is 0 Å². The first kappa shape index (κ1) is 28.0. The van der Waals surface area contributed by atoms with Crippen LogP contribution in [-0.4, -0.2) is 17.6 Å². The zero-order valence-corrected chi connectivity index (χ0v) is 23.5. The highest BCUT2D eigenvalue weighted by Gasteiger charge is 2.35. The van der Waals surface area contributed by atoms with Crippen molar-refractivity contribution in [1.29, 1.82) is 5.26 Å². The number of dihydropyridines is 1. The molecule has 1 atom stereocenters. The van der Waals surface area contributed by atoms with Crippen molar-refractivity contribution in [3.05, 3.63) is 122 Å². The average molecular weight is 558 g/mol. The number of benzene rings is 3. The molecular weight excluding hydrogens is 530 g/mol. The SMILES string of the molecule is CC1=C(C(=O)OCc2ccccc2)[C@H](c2ccc(Cl)cc2)C(C#N)=C(SCC(=O)Nc2ccc(C)cc2C)N1. The van der Waals surface area contributed by atoms with E-state index in [1.165, 1.54) is 11.8 Å². The maximum absolute atomic E-state index is 13.4. The van der Waals surface area contributed by atoms with E-state index in [4.69, 9.17) is 16.3 Å². The number of esters is 1. The number of aryl methyl sites for hydroxylation is 2. The number of carbonyl (C=O) groups is 2. The number of halogens is 1. The Morgan fingerprint density at radius 2 is 1.77 bits per heavy atom. The molecular formula is C31H28ClN3O3S. The quantitative estimate of drug-likeness (QED) is 0.297. The highest BCUT2D eigenvalue weighted by atomic mass is 35.5. The van der Waals surface area contributed by atoms with Crippen molar-refractivity contribution < 1.29 is 14.3 Å². The Hall–Kier alpha value is -3.99. The fraction of sp³-hybridized carbons (Fsp3) is 0.194. The molecule has 8 heteroatoms. The topological polar surface area (TPSA) is 91.2 Å². The van der Waals surface area contributed by atoms with Crippen LogP contribution >= 0.6 is 23.4 Å². The van der Waals surface area contributed by atoms with Gasteiger partial charge in [0.15, 0.2) is 0 Å². The first-order valence-corrected chi connectivity index (χ1v) is 13.7. The van der Waals surface area contributed by atoms with Gasteiger partial charge in [0.1, 0.15) is 6.61 Å². The summed E-state index contributed by atoms with van der Waals surface area (Å²) in [5.41, 5.74) is 5.65. The van der Waals surface area contributed by atoms with E-state index < -0.39 is 11.9 Å². The number of amides is 1. The predicted molar refractivity (Wildman–Crippen MR) is 156 cm³/mol. The second-order valence-corrected chi connectivity index (χ2v) is 10.6. The van der Waals surface area contributed by atoms with Gasteiger partial charge in [-0.2, -0.15) is 5.26 Å². The lowest BCUT2D eigenvalue weighted by Crippen LogP contribution is -2.29. The van der Waals surface area contributed by atoms with E-state index in [1.54, 1.807) is 31.2 Å². The zero-order valence-electron chi connectivity index (χ0n) is 21.9. The fourth-order valence-electron chi connectivity index (χ4n) is 4.36. The number of rotatable bonds is 8. The van der Waals surface area contributed by atoms with Crippen molar-refractivity contribution >= 4 is 40.9 Å². The van der Waals surface area contributed by atoms with Gasteiger partial charge >= 0.3 is 5.97 Å². The summed E-state index contributed by atoms with van der Waals surface area (Å²) < 4.78 is 5.66. The molecule has 6 nitrogen and oxygen atoms in total. The number of hydrogen-bond donors (Lipinski definition) is 2. The second kappa shape index (κ2) is 12.7. The van der Waals surface area contributed by atoms with Crippen LogP contribution in [0.1, 0.15) is 35.1 Å². The van der Waals surface area contributed by atoms with Crippen molar-refractivity contribution in [2.24, 2.45) is 0 Å². The Labute approximate surface area is 237 Å². The van der Waals surface area contributed by atoms with Gasteiger partial charge in [0, 0.05) is 16.4 Å². The standard InChI is InChI=1S/C31H28ClN3O3S/c1-19-9-14-26(20(2)15-19)35-27(36)18-39-30-25(16-33)29(23-10-12-24(32)13-11-23)28(21(3)34-30)31(37)38-17-22-7-5-4-6-8-22/h4-15,29,34H,17-18H2,1-3H3,(H,35,36)/t29-/m1/s1. The zero-order chi connectivity index (χ0) is 27.9. The second-order valence-electron chi connectivity index (χ2n) is 9.22. The summed E-state index contributed by atoms with van der Waals surface area (Å²) in [5, 5.41) is 17.4. The maximum atomic E-state index is 13.4. The lowest BCUT2D eigenvalue weighted by atomic mass is 9.82. The Bertz CT molecular complexity index is 1490. The first-order chi connectivity index (χ1) is 18.8. The third-order valence-electron chi connectivity index (χ3n) is 6.29. The monoisotopic (exact) mass is 557 g/mol. The molecule has 4 rings (SSSR count). The van der Waals surface area contributed by atoms with Crippen molar-refractivity contribution in [3.63, 3.8) is 0 Å². The summed E-state index contributed by atoms with van der Waals surface area (Å²) in [4.78, 5) is 26.2. The molecule has 2 N–H and O–H groups in total. The van der Waals surface area contributed by atoms with E-state index in [1.807, 2.05) is 62.4 Å². The number of nitriles is 1. The molecule has 0 unspecified atom stereocenters. The third kappa shape index (κ3) is 6.91. The predicted octanol–water partition coefficient (Wildman–Crippen LogP) is 6.77. The smallest absolute Gasteiger partial charge is 0.337 e. The number of nitrogens with zero attached hydrogens (tertiary/aromatic N) is 1. The average Bonchev–Trinajstić information content (AvgIpc) is 2.92. The first-order valence-electron chi connectivity index (χ1n) is 12.3. The Balaban J connectivity index is 1.59. The number of thioether (sulfide) groups is 1. The van der Waals surface area contributed by atoms with Gasteiger partial charge in [-0.3, -0.25) is 4.79 Å². The molecule has 0 saturated carbocycles. The van der Waals surface area contributed by atoms with E-state index in [-0.39, 0.29) is 18.3 Å². The van der Waals surface area contributed by atoms with Crippen LogP contribution in [0.25, 0.3) is 0 Å². The van der Waals surface area contributed by atoms with Crippen LogP contribution in [0, 0.1) is 25.2 Å². The highest BCUT2D eigenvalue weighted by Crippen LogP contribution is 2.41. The van der Waals surface area contributed by atoms with Crippen LogP contribution < -0.4 is 10.6 Å². The Morgan fingerprint density at radius 1 is 1.05 bits per heavy atom. The number of carbonyl (C=O) groups excluding carboxylic acids is 2. The third-order valence-corrected chi connectivity index (χ3v) is 7.56. The van der Waals surface area contributed by atoms with Crippen molar-refractivity contribution in [1.82, 2.24) is 5.32 Å². The number of ether oxygens (including phenoxy) is 1. The normalized spacial score (nSPS) is 14.9. The van der Waals surface area contributed by atoms with Crippen LogP contribution in [0.4, 0.5) is 5.69 Å². The lowest BCUT2D eigenvalue weighted by molar-refractivity contribution is -0.140. The highest BCUT2D eigenvalue weighted by molar-refractivity contribution is 8.03. The molecule has 0 radical (unpaired) electrons. The molecule has 0 aromatic heterocycles. The summed E-state index contributed by atoms with van der Waals surface area (Å²) in [6.45, 7) is 5.82. The molecule has 1 heterocycles. The number of allylic oxidation sites excluding steroid dienone is 2. The van der Waals surface area contributed by atoms with Gasteiger partial charge in [0.2, 0.25) is 5.91 Å². The molecule has 0 saturated heterocycles. The largest absolute Gasteiger partial charge is 0.457 e. The molecule has 3 aromatic rings. The summed E-state index contributed by atoms with van der Waals surface area (Å²) in [6, 6.07) is 24.5. The summed E-state index contributed by atoms with van der Waals surface area (Å²) >= 11 is 7.34. The van der Waals surface area contributed by atoms with Crippen molar-refractivity contribution in [2.45, 2.75) is 33.3 Å². The van der Waals surface area contributed by atoms with Crippen LogP contribution in [0.5, 0.6) is 0 Å². The van der Waals surface area contributed by atoms with Crippen LogP contribution in [0.3, 0.4) is 0 Å². The molecule has 0 spiro atoms. The van der Waals surface area contributed by atoms with Crippen molar-refractivity contribution in [2.75, 3.05) is 11.1 Å². The van der Waals surface area contributed by atoms with E-state index in [2.05, 4.69) is 16.7 Å². The summed E-state index contributed by atoms with van der Waals surface area (Å²) in [5.74, 6) is -1.32. The van der Waals surface area contributed by atoms with Crippen LogP contribution in [0.15, 0.2) is 94.7 Å². The minimum atomic E-state index is -0.679. The molecule has 1 aliphatic heterocycles. The minimum absolute atomic E-state index is 0.0786. The Morgan fingerprint density at radius 3 is 2.44 bits per heavy atom. The van der Waals surface area contributed by atoms with E-state index >= 15 is 0 Å². The number of anilines is 1. The maximum Gasteiger partial charge on any atom is 0.337 e. The molecule has 3 aromatic carbocycles. The Kier molecular flexibility index (Phi) is 9.13. The van der Waals surface area contributed by atoms with Gasteiger partial charge in [-0.25, -0.2) is 4.79 Å². The molecule has 1 amide bonds. The van der Waals surface area contributed by atoms with Gasteiger partial charge in [0.05, 0.1) is 33.9 Å². The number of hydrogen-bond acceptors (Lipinski definition) is 6. The van der Waals surface area contributed by atoms with Crippen LogP contribution in [0.2, 0.25) is 5.02 Å². The number of nitrogens with one attached hydrogen (secondary N) is 2. The van der Waals surface area contributed by atoms with E-state index in [0.717, 1.165) is 27.9 Å².